The van der Waals surface area contributed by atoms with Gasteiger partial charge in [0.25, 0.3) is 11.1 Å². The number of aromatic nitrogens is 2. The van der Waals surface area contributed by atoms with Crippen molar-refractivity contribution in [3.05, 3.63) is 35.2 Å². The van der Waals surface area contributed by atoms with E-state index in [-0.39, 0.29) is 12.4 Å². The van der Waals surface area contributed by atoms with E-state index in [0.29, 0.717) is 21.9 Å². The largest absolute Gasteiger partial charge is 0.484 e. The van der Waals surface area contributed by atoms with Crippen LogP contribution < -0.4 is 4.74 Å². The first kappa shape index (κ1) is 12.7. The minimum Gasteiger partial charge on any atom is -0.484 e. The molecule has 2 rings (SSSR count). The van der Waals surface area contributed by atoms with E-state index >= 15 is 0 Å². The molecule has 0 spiro atoms. The summed E-state index contributed by atoms with van der Waals surface area (Å²) in [6.07, 6.45) is 0. The monoisotopic (exact) mass is 281 g/mol. The molecule has 0 unspecified atom stereocenters. The molecule has 1 aromatic carbocycles. The van der Waals surface area contributed by atoms with E-state index in [1.165, 1.54) is 11.8 Å². The molecule has 92 valence electrons. The maximum atomic E-state index is 8.41. The summed E-state index contributed by atoms with van der Waals surface area (Å²) in [5.41, 5.74) is 0. The molecular weight excluding hydrogens is 274 g/mol. The number of nitriles is 1. The zero-order valence-corrected chi connectivity index (χ0v) is 10.7. The summed E-state index contributed by atoms with van der Waals surface area (Å²) in [6.45, 7) is 0.182. The summed E-state index contributed by atoms with van der Waals surface area (Å²) in [5.74, 6) is 1.31. The second-order valence-corrected chi connectivity index (χ2v) is 4.51. The van der Waals surface area contributed by atoms with Gasteiger partial charge in [-0.1, -0.05) is 23.4 Å². The van der Waals surface area contributed by atoms with Gasteiger partial charge in [0.15, 0.2) is 6.61 Å². The van der Waals surface area contributed by atoms with Crippen molar-refractivity contribution in [3.63, 3.8) is 0 Å². The van der Waals surface area contributed by atoms with Crippen molar-refractivity contribution in [1.29, 1.82) is 5.26 Å². The Kier molecular flexibility index (Phi) is 4.45. The predicted molar refractivity (Wildman–Crippen MR) is 66.4 cm³/mol. The molecule has 7 heteroatoms. The first-order chi connectivity index (χ1) is 8.78. The third kappa shape index (κ3) is 3.65. The molecule has 0 aliphatic heterocycles. The van der Waals surface area contributed by atoms with E-state index in [4.69, 9.17) is 26.0 Å². The second kappa shape index (κ2) is 6.28. The Morgan fingerprint density at radius 1 is 1.33 bits per heavy atom. The Morgan fingerprint density at radius 3 is 2.83 bits per heavy atom. The molecule has 0 saturated heterocycles. The van der Waals surface area contributed by atoms with Crippen molar-refractivity contribution in [3.8, 4) is 11.8 Å². The lowest BCUT2D eigenvalue weighted by molar-refractivity contribution is 0.252. The van der Waals surface area contributed by atoms with E-state index in [2.05, 4.69) is 10.2 Å². The van der Waals surface area contributed by atoms with Crippen LogP contribution in [-0.4, -0.2) is 16.0 Å². The van der Waals surface area contributed by atoms with Gasteiger partial charge in [-0.3, -0.25) is 0 Å². The lowest BCUT2D eigenvalue weighted by Gasteiger charge is -2.02. The van der Waals surface area contributed by atoms with Crippen molar-refractivity contribution < 1.29 is 9.15 Å². The Morgan fingerprint density at radius 2 is 2.11 bits per heavy atom. The van der Waals surface area contributed by atoms with Crippen LogP contribution >= 0.6 is 23.4 Å². The zero-order valence-electron chi connectivity index (χ0n) is 9.17. The van der Waals surface area contributed by atoms with Crippen molar-refractivity contribution in [2.75, 3.05) is 5.75 Å². The lowest BCUT2D eigenvalue weighted by Crippen LogP contribution is -1.95. The van der Waals surface area contributed by atoms with Crippen molar-refractivity contribution in [1.82, 2.24) is 10.2 Å². The summed E-state index contributed by atoms with van der Waals surface area (Å²) < 4.78 is 10.7. The maximum Gasteiger partial charge on any atom is 0.277 e. The summed E-state index contributed by atoms with van der Waals surface area (Å²) in [5, 5.41) is 17.0. The molecule has 1 aromatic heterocycles. The number of ether oxygens (including phenoxy) is 1. The molecule has 0 fully saturated rings. The number of rotatable bonds is 5. The van der Waals surface area contributed by atoms with Crippen LogP contribution in [0.5, 0.6) is 5.75 Å². The third-order valence-electron chi connectivity index (χ3n) is 1.88. The summed E-state index contributed by atoms with van der Waals surface area (Å²) >= 11 is 6.95. The normalized spacial score (nSPS) is 10.0. The van der Waals surface area contributed by atoms with Gasteiger partial charge in [-0.15, -0.1) is 10.2 Å². The Balaban J connectivity index is 1.88. The molecule has 1 heterocycles. The van der Waals surface area contributed by atoms with E-state index in [0.717, 1.165) is 0 Å². The number of nitrogens with zero attached hydrogens (tertiary/aromatic N) is 3. The Labute approximate surface area is 113 Å². The van der Waals surface area contributed by atoms with Crippen LogP contribution in [0, 0.1) is 11.3 Å². The van der Waals surface area contributed by atoms with Gasteiger partial charge in [0.05, 0.1) is 11.8 Å². The fourth-order valence-electron chi connectivity index (χ4n) is 1.12. The van der Waals surface area contributed by atoms with E-state index in [9.17, 15) is 0 Å². The second-order valence-electron chi connectivity index (χ2n) is 3.15. The smallest absolute Gasteiger partial charge is 0.277 e. The highest BCUT2D eigenvalue weighted by Crippen LogP contribution is 2.18. The van der Waals surface area contributed by atoms with Crippen molar-refractivity contribution in [2.45, 2.75) is 11.8 Å². The topological polar surface area (TPSA) is 71.9 Å². The van der Waals surface area contributed by atoms with Gasteiger partial charge < -0.3 is 9.15 Å². The first-order valence-electron chi connectivity index (χ1n) is 4.98. The first-order valence-corrected chi connectivity index (χ1v) is 6.35. The Bertz CT molecular complexity index is 550. The molecule has 2 aromatic rings. The molecule has 0 radical (unpaired) electrons. The number of hydrogen-bond acceptors (Lipinski definition) is 6. The minimum atomic E-state index is 0.182. The van der Waals surface area contributed by atoms with Crippen LogP contribution in [0.1, 0.15) is 5.89 Å². The molecule has 0 amide bonds. The van der Waals surface area contributed by atoms with Crippen LogP contribution in [0.25, 0.3) is 0 Å². The average molecular weight is 282 g/mol. The number of benzene rings is 1. The number of hydrogen-bond donors (Lipinski definition) is 0. The molecule has 0 bridgehead atoms. The van der Waals surface area contributed by atoms with E-state index < -0.39 is 0 Å². The molecule has 18 heavy (non-hydrogen) atoms. The van der Waals surface area contributed by atoms with Gasteiger partial charge in [0.1, 0.15) is 5.75 Å². The summed E-state index contributed by atoms with van der Waals surface area (Å²) in [7, 11) is 0. The van der Waals surface area contributed by atoms with Crippen molar-refractivity contribution >= 4 is 23.4 Å². The van der Waals surface area contributed by atoms with Crippen LogP contribution in [0.3, 0.4) is 0 Å². The van der Waals surface area contributed by atoms with E-state index in [1.54, 1.807) is 24.3 Å². The Hall–Kier alpha value is -1.71. The predicted octanol–water partition coefficient (Wildman–Crippen LogP) is 2.92. The molecule has 0 aliphatic rings. The highest BCUT2D eigenvalue weighted by molar-refractivity contribution is 7.99. The summed E-state index contributed by atoms with van der Waals surface area (Å²) in [4.78, 5) is 0. The molecule has 0 saturated carbocycles. The van der Waals surface area contributed by atoms with Crippen LogP contribution in [0.4, 0.5) is 0 Å². The zero-order chi connectivity index (χ0) is 12.8. The van der Waals surface area contributed by atoms with Gasteiger partial charge in [-0.2, -0.15) is 5.26 Å². The van der Waals surface area contributed by atoms with Crippen LogP contribution in [0.2, 0.25) is 5.02 Å². The highest BCUT2D eigenvalue weighted by Gasteiger charge is 2.07. The quantitative estimate of drug-likeness (QED) is 0.785. The molecule has 0 atom stereocenters. The fraction of sp³-hybridized carbons (Fsp3) is 0.182. The maximum absolute atomic E-state index is 8.41. The molecule has 0 N–H and O–H groups in total. The SMILES string of the molecule is N#CCSc1nnc(COc2ccc(Cl)cc2)o1. The van der Waals surface area contributed by atoms with Crippen molar-refractivity contribution in [2.24, 2.45) is 0 Å². The average Bonchev–Trinajstić information content (AvgIpc) is 2.84. The van der Waals surface area contributed by atoms with Gasteiger partial charge in [0.2, 0.25) is 0 Å². The van der Waals surface area contributed by atoms with Gasteiger partial charge in [-0.05, 0) is 24.3 Å². The van der Waals surface area contributed by atoms with Gasteiger partial charge in [-0.25, -0.2) is 0 Å². The number of halogens is 1. The molecule has 5 nitrogen and oxygen atoms in total. The standard InChI is InChI=1S/C11H8ClN3O2S/c12-8-1-3-9(4-2-8)16-7-10-14-15-11(17-10)18-6-5-13/h1-4H,6-7H2. The highest BCUT2D eigenvalue weighted by atomic mass is 35.5. The van der Waals surface area contributed by atoms with Gasteiger partial charge >= 0.3 is 0 Å². The molecule has 0 aliphatic carbocycles. The molecular formula is C11H8ClN3O2S. The van der Waals surface area contributed by atoms with Gasteiger partial charge in [0, 0.05) is 5.02 Å². The van der Waals surface area contributed by atoms with Crippen LogP contribution in [-0.2, 0) is 6.61 Å². The van der Waals surface area contributed by atoms with Crippen LogP contribution in [0.15, 0.2) is 33.9 Å². The number of thioether (sulfide) groups is 1. The summed E-state index contributed by atoms with van der Waals surface area (Å²) in [6, 6.07) is 8.96. The minimum absolute atomic E-state index is 0.182. The fourth-order valence-corrected chi connectivity index (χ4v) is 1.69. The lowest BCUT2D eigenvalue weighted by atomic mass is 10.3. The third-order valence-corrected chi connectivity index (χ3v) is 2.82. The van der Waals surface area contributed by atoms with E-state index in [1.807, 2.05) is 6.07 Å².